The van der Waals surface area contributed by atoms with E-state index >= 15 is 0 Å². The molecule has 1 aromatic rings. The van der Waals surface area contributed by atoms with Gasteiger partial charge in [-0.2, -0.15) is 0 Å². The number of carbonyl (C=O) groups excluding carboxylic acids is 1. The highest BCUT2D eigenvalue weighted by molar-refractivity contribution is 7.10. The van der Waals surface area contributed by atoms with Crippen molar-refractivity contribution in [1.29, 1.82) is 0 Å². The minimum absolute atomic E-state index is 0.124. The van der Waals surface area contributed by atoms with Crippen LogP contribution in [0.5, 0.6) is 0 Å². The van der Waals surface area contributed by atoms with Gasteiger partial charge in [-0.3, -0.25) is 4.79 Å². The fourth-order valence-electron chi connectivity index (χ4n) is 2.56. The molecule has 1 aliphatic rings. The minimum Gasteiger partial charge on any atom is -0.396 e. The van der Waals surface area contributed by atoms with E-state index in [4.69, 9.17) is 5.73 Å². The van der Waals surface area contributed by atoms with E-state index in [1.54, 1.807) is 0 Å². The Balaban J connectivity index is 1.81. The molecule has 4 nitrogen and oxygen atoms in total. The normalized spacial score (nSPS) is 25.0. The van der Waals surface area contributed by atoms with Crippen LogP contribution in [-0.4, -0.2) is 24.2 Å². The van der Waals surface area contributed by atoms with Gasteiger partial charge in [0.1, 0.15) is 6.04 Å². The zero-order chi connectivity index (χ0) is 13.0. The second kappa shape index (κ2) is 6.31. The molecule has 0 spiro atoms. The van der Waals surface area contributed by atoms with E-state index in [1.165, 1.54) is 11.3 Å². The topological polar surface area (TPSA) is 75.4 Å². The van der Waals surface area contributed by atoms with Crippen LogP contribution in [0.4, 0.5) is 0 Å². The molecule has 1 fully saturated rings. The Kier molecular flexibility index (Phi) is 4.74. The predicted octanol–water partition coefficient (Wildman–Crippen LogP) is 1.27. The Labute approximate surface area is 111 Å². The van der Waals surface area contributed by atoms with Gasteiger partial charge in [0.15, 0.2) is 0 Å². The van der Waals surface area contributed by atoms with Crippen molar-refractivity contribution in [1.82, 2.24) is 5.32 Å². The van der Waals surface area contributed by atoms with Crippen LogP contribution in [0, 0.1) is 11.8 Å². The molecule has 1 amide bonds. The van der Waals surface area contributed by atoms with E-state index in [2.05, 4.69) is 5.32 Å². The maximum absolute atomic E-state index is 11.9. The Morgan fingerprint density at radius 2 is 2.33 bits per heavy atom. The van der Waals surface area contributed by atoms with Crippen LogP contribution >= 0.6 is 11.3 Å². The van der Waals surface area contributed by atoms with Gasteiger partial charge in [-0.05, 0) is 36.1 Å². The molecule has 0 radical (unpaired) electrons. The summed E-state index contributed by atoms with van der Waals surface area (Å²) in [5.74, 6) is 0.610. The lowest BCUT2D eigenvalue weighted by Crippen LogP contribution is -2.37. The number of nitrogens with two attached hydrogens (primary N) is 1. The highest BCUT2D eigenvalue weighted by Crippen LogP contribution is 2.30. The van der Waals surface area contributed by atoms with Crippen molar-refractivity contribution in [3.05, 3.63) is 22.4 Å². The van der Waals surface area contributed by atoms with Crippen molar-refractivity contribution in [2.45, 2.75) is 25.3 Å². The second-order valence-electron chi connectivity index (χ2n) is 4.87. The van der Waals surface area contributed by atoms with E-state index < -0.39 is 6.04 Å². The molecular weight excluding hydrogens is 248 g/mol. The predicted molar refractivity (Wildman–Crippen MR) is 72.2 cm³/mol. The van der Waals surface area contributed by atoms with Crippen molar-refractivity contribution in [3.63, 3.8) is 0 Å². The Hall–Kier alpha value is -0.910. The summed E-state index contributed by atoms with van der Waals surface area (Å²) in [6, 6.07) is 3.20. The lowest BCUT2D eigenvalue weighted by Gasteiger charge is -2.19. The maximum Gasteiger partial charge on any atom is 0.242 e. The van der Waals surface area contributed by atoms with Crippen LogP contribution in [0.2, 0.25) is 0 Å². The van der Waals surface area contributed by atoms with E-state index in [-0.39, 0.29) is 12.5 Å². The molecule has 2 rings (SSSR count). The Morgan fingerprint density at radius 3 is 3.00 bits per heavy atom. The zero-order valence-corrected chi connectivity index (χ0v) is 11.2. The van der Waals surface area contributed by atoms with Crippen LogP contribution in [0.1, 0.15) is 30.2 Å². The summed E-state index contributed by atoms with van der Waals surface area (Å²) >= 11 is 1.50. The van der Waals surface area contributed by atoms with Gasteiger partial charge in [0.05, 0.1) is 0 Å². The maximum atomic E-state index is 11.9. The number of aliphatic hydroxyl groups excluding tert-OH is 1. The number of thiophene rings is 1. The van der Waals surface area contributed by atoms with Gasteiger partial charge in [-0.15, -0.1) is 11.3 Å². The standard InChI is InChI=1S/C13H20N2O2S/c14-12(11-5-2-6-18-11)13(17)15-7-9-3-1-4-10(9)8-16/h2,5-6,9-10,12,16H,1,3-4,7-8,14H2,(H,15,17). The van der Waals surface area contributed by atoms with Crippen molar-refractivity contribution < 1.29 is 9.90 Å². The third kappa shape index (κ3) is 3.10. The molecule has 5 heteroatoms. The third-order valence-corrected chi connectivity index (χ3v) is 4.68. The van der Waals surface area contributed by atoms with Gasteiger partial charge in [-0.25, -0.2) is 0 Å². The Bertz CT molecular complexity index is 380. The van der Waals surface area contributed by atoms with Crippen LogP contribution < -0.4 is 11.1 Å². The molecule has 3 atom stereocenters. The monoisotopic (exact) mass is 268 g/mol. The number of aliphatic hydroxyl groups is 1. The summed E-state index contributed by atoms with van der Waals surface area (Å²) in [6.07, 6.45) is 3.29. The van der Waals surface area contributed by atoms with Crippen LogP contribution in [-0.2, 0) is 4.79 Å². The van der Waals surface area contributed by atoms with Gasteiger partial charge in [0.25, 0.3) is 0 Å². The number of nitrogens with one attached hydrogen (secondary N) is 1. The number of hydrogen-bond acceptors (Lipinski definition) is 4. The SMILES string of the molecule is NC(C(=O)NCC1CCCC1CO)c1cccs1. The fraction of sp³-hybridized carbons (Fsp3) is 0.615. The lowest BCUT2D eigenvalue weighted by molar-refractivity contribution is -0.122. The fourth-order valence-corrected chi connectivity index (χ4v) is 3.29. The van der Waals surface area contributed by atoms with Crippen LogP contribution in [0.3, 0.4) is 0 Å². The summed E-state index contributed by atoms with van der Waals surface area (Å²) in [7, 11) is 0. The van der Waals surface area contributed by atoms with Gasteiger partial charge in [-0.1, -0.05) is 12.5 Å². The molecule has 1 aromatic heterocycles. The summed E-state index contributed by atoms with van der Waals surface area (Å²) in [5, 5.41) is 14.1. The van der Waals surface area contributed by atoms with Gasteiger partial charge >= 0.3 is 0 Å². The van der Waals surface area contributed by atoms with Crippen LogP contribution in [0.15, 0.2) is 17.5 Å². The molecule has 1 saturated carbocycles. The molecule has 3 unspecified atom stereocenters. The highest BCUT2D eigenvalue weighted by atomic mass is 32.1. The lowest BCUT2D eigenvalue weighted by atomic mass is 9.97. The molecule has 4 N–H and O–H groups in total. The number of hydrogen-bond donors (Lipinski definition) is 3. The summed E-state index contributed by atoms with van der Waals surface area (Å²) in [4.78, 5) is 12.8. The first-order valence-electron chi connectivity index (χ1n) is 6.40. The third-order valence-electron chi connectivity index (χ3n) is 3.72. The average molecular weight is 268 g/mol. The number of rotatable bonds is 5. The highest BCUT2D eigenvalue weighted by Gasteiger charge is 2.27. The smallest absolute Gasteiger partial charge is 0.242 e. The van der Waals surface area contributed by atoms with Crippen molar-refractivity contribution >= 4 is 17.2 Å². The van der Waals surface area contributed by atoms with E-state index in [1.807, 2.05) is 17.5 Å². The van der Waals surface area contributed by atoms with Gasteiger partial charge in [0.2, 0.25) is 5.91 Å². The quantitative estimate of drug-likeness (QED) is 0.753. The Morgan fingerprint density at radius 1 is 1.56 bits per heavy atom. The van der Waals surface area contributed by atoms with E-state index in [9.17, 15) is 9.90 Å². The molecule has 0 bridgehead atoms. The molecule has 0 aliphatic heterocycles. The van der Waals surface area contributed by atoms with Gasteiger partial charge in [0, 0.05) is 18.0 Å². The van der Waals surface area contributed by atoms with Crippen molar-refractivity contribution in [2.24, 2.45) is 17.6 Å². The largest absolute Gasteiger partial charge is 0.396 e. The molecule has 1 aliphatic carbocycles. The summed E-state index contributed by atoms with van der Waals surface area (Å²) in [6.45, 7) is 0.848. The first kappa shape index (κ1) is 13.5. The minimum atomic E-state index is -0.570. The average Bonchev–Trinajstić information content (AvgIpc) is 3.05. The molecule has 0 saturated heterocycles. The molecule has 0 aromatic carbocycles. The van der Waals surface area contributed by atoms with Crippen LogP contribution in [0.25, 0.3) is 0 Å². The first-order valence-corrected chi connectivity index (χ1v) is 7.28. The molecule has 18 heavy (non-hydrogen) atoms. The summed E-state index contributed by atoms with van der Waals surface area (Å²) < 4.78 is 0. The van der Waals surface area contributed by atoms with Gasteiger partial charge < -0.3 is 16.2 Å². The summed E-state index contributed by atoms with van der Waals surface area (Å²) in [5.41, 5.74) is 5.88. The second-order valence-corrected chi connectivity index (χ2v) is 5.85. The van der Waals surface area contributed by atoms with Crippen molar-refractivity contribution in [2.75, 3.05) is 13.2 Å². The van der Waals surface area contributed by atoms with Crippen molar-refractivity contribution in [3.8, 4) is 0 Å². The zero-order valence-electron chi connectivity index (χ0n) is 10.3. The first-order chi connectivity index (χ1) is 8.72. The molecule has 1 heterocycles. The molecule has 100 valence electrons. The number of carbonyl (C=O) groups is 1. The van der Waals surface area contributed by atoms with E-state index in [0.29, 0.717) is 18.4 Å². The van der Waals surface area contributed by atoms with E-state index in [0.717, 1.165) is 24.1 Å². The number of amides is 1. The molecular formula is C13H20N2O2S.